The number of aliphatic imine (C=N–C) groups is 1. The molecule has 0 saturated carbocycles. The molecule has 0 bridgehead atoms. The summed E-state index contributed by atoms with van der Waals surface area (Å²) in [5.74, 6) is -1.19. The maximum Gasteiger partial charge on any atom is 0.280 e. The Morgan fingerprint density at radius 1 is 1.21 bits per heavy atom. The molecular weight excluding hydrogens is 433 g/mol. The van der Waals surface area contributed by atoms with Crippen molar-refractivity contribution >= 4 is 58.4 Å². The number of benzene rings is 1. The molecule has 1 aromatic carbocycles. The number of rotatable bonds is 7. The lowest BCUT2D eigenvalue weighted by Gasteiger charge is -2.09. The number of nitrogens with one attached hydrogen (secondary N) is 1. The number of likely N-dealkylation sites (N-methyl/N-ethyl adjacent to an activating group) is 1. The SMILES string of the molecule is CN(C)CCNC(=O)/C=C/c1cc(C(=O)N=C(N)N)cc(-c2cc(Cl)sc2Cl)c1. The van der Waals surface area contributed by atoms with E-state index >= 15 is 0 Å². The molecule has 0 unspecified atom stereocenters. The van der Waals surface area contributed by atoms with Crippen LogP contribution < -0.4 is 16.8 Å². The lowest BCUT2D eigenvalue weighted by atomic mass is 10.0. The summed E-state index contributed by atoms with van der Waals surface area (Å²) < 4.78 is 1.00. The Hall–Kier alpha value is -2.39. The van der Waals surface area contributed by atoms with E-state index in [9.17, 15) is 9.59 Å². The van der Waals surface area contributed by atoms with Gasteiger partial charge in [0.1, 0.15) is 4.34 Å². The minimum atomic E-state index is -0.602. The third-order valence-electron chi connectivity index (χ3n) is 3.69. The number of halogens is 2. The number of amides is 2. The summed E-state index contributed by atoms with van der Waals surface area (Å²) >= 11 is 13.5. The van der Waals surface area contributed by atoms with E-state index in [1.54, 1.807) is 30.3 Å². The van der Waals surface area contributed by atoms with Crippen LogP contribution >= 0.6 is 34.5 Å². The van der Waals surface area contributed by atoms with Crippen LogP contribution in [0, 0.1) is 0 Å². The van der Waals surface area contributed by atoms with Crippen molar-refractivity contribution in [2.45, 2.75) is 0 Å². The molecule has 29 heavy (non-hydrogen) atoms. The highest BCUT2D eigenvalue weighted by Crippen LogP contribution is 2.38. The average Bonchev–Trinajstić information content (AvgIpc) is 2.97. The molecule has 0 fully saturated rings. The van der Waals surface area contributed by atoms with Crippen molar-refractivity contribution in [3.8, 4) is 11.1 Å². The van der Waals surface area contributed by atoms with Gasteiger partial charge in [-0.3, -0.25) is 9.59 Å². The van der Waals surface area contributed by atoms with Crippen LogP contribution in [0.25, 0.3) is 17.2 Å². The van der Waals surface area contributed by atoms with Crippen molar-refractivity contribution in [2.24, 2.45) is 16.5 Å². The van der Waals surface area contributed by atoms with Gasteiger partial charge in [-0.2, -0.15) is 4.99 Å². The predicted octanol–water partition coefficient (Wildman–Crippen LogP) is 2.83. The molecule has 7 nitrogen and oxygen atoms in total. The number of hydrogen-bond donors (Lipinski definition) is 3. The lowest BCUT2D eigenvalue weighted by molar-refractivity contribution is -0.116. The summed E-state index contributed by atoms with van der Waals surface area (Å²) in [6, 6.07) is 6.71. The molecule has 2 rings (SSSR count). The van der Waals surface area contributed by atoms with Crippen molar-refractivity contribution in [2.75, 3.05) is 27.2 Å². The van der Waals surface area contributed by atoms with Gasteiger partial charge in [0, 0.05) is 30.3 Å². The molecule has 2 amide bonds. The molecule has 10 heteroatoms. The zero-order valence-corrected chi connectivity index (χ0v) is 18.2. The molecule has 0 atom stereocenters. The molecule has 1 heterocycles. The standard InChI is InChI=1S/C19H21Cl2N5O2S/c1-26(2)6-5-24-16(27)4-3-11-7-12(14-10-15(20)29-17(14)21)9-13(8-11)18(28)25-19(22)23/h3-4,7-10H,5-6H2,1-2H3,(H,24,27)(H4,22,23,25,28)/b4-3+. The highest BCUT2D eigenvalue weighted by atomic mass is 35.5. The second-order valence-electron chi connectivity index (χ2n) is 6.35. The van der Waals surface area contributed by atoms with Crippen LogP contribution in [-0.4, -0.2) is 49.9 Å². The normalized spacial score (nSPS) is 11.1. The maximum atomic E-state index is 12.3. The van der Waals surface area contributed by atoms with Gasteiger partial charge in [-0.05, 0) is 55.6 Å². The third kappa shape index (κ3) is 7.17. The maximum absolute atomic E-state index is 12.3. The van der Waals surface area contributed by atoms with Gasteiger partial charge in [-0.25, -0.2) is 0 Å². The zero-order chi connectivity index (χ0) is 21.6. The molecule has 0 radical (unpaired) electrons. The van der Waals surface area contributed by atoms with E-state index < -0.39 is 5.91 Å². The van der Waals surface area contributed by atoms with Crippen LogP contribution in [0.4, 0.5) is 0 Å². The van der Waals surface area contributed by atoms with Gasteiger partial charge in [0.15, 0.2) is 5.96 Å². The van der Waals surface area contributed by atoms with E-state index in [4.69, 9.17) is 34.7 Å². The molecule has 0 saturated heterocycles. The monoisotopic (exact) mass is 453 g/mol. The van der Waals surface area contributed by atoms with Crippen LogP contribution in [-0.2, 0) is 4.79 Å². The zero-order valence-electron chi connectivity index (χ0n) is 15.9. The summed E-state index contributed by atoms with van der Waals surface area (Å²) in [6.45, 7) is 1.25. The highest BCUT2D eigenvalue weighted by molar-refractivity contribution is 7.20. The van der Waals surface area contributed by atoms with Gasteiger partial charge in [0.25, 0.3) is 5.91 Å². The Balaban J connectivity index is 2.35. The van der Waals surface area contributed by atoms with Gasteiger partial charge in [0.2, 0.25) is 5.91 Å². The summed E-state index contributed by atoms with van der Waals surface area (Å²) in [5, 5.41) is 2.78. The fourth-order valence-electron chi connectivity index (χ4n) is 2.38. The van der Waals surface area contributed by atoms with Crippen molar-refractivity contribution in [1.29, 1.82) is 0 Å². The number of hydrogen-bond acceptors (Lipinski definition) is 4. The Morgan fingerprint density at radius 3 is 2.52 bits per heavy atom. The molecule has 0 aliphatic carbocycles. The average molecular weight is 454 g/mol. The summed E-state index contributed by atoms with van der Waals surface area (Å²) in [7, 11) is 3.84. The summed E-state index contributed by atoms with van der Waals surface area (Å²) in [4.78, 5) is 29.8. The molecule has 154 valence electrons. The first-order valence-corrected chi connectivity index (χ1v) is 10.1. The number of thiophene rings is 1. The molecule has 5 N–H and O–H groups in total. The number of guanidine groups is 1. The van der Waals surface area contributed by atoms with E-state index in [2.05, 4.69) is 10.3 Å². The van der Waals surface area contributed by atoms with Gasteiger partial charge in [-0.15, -0.1) is 11.3 Å². The first-order chi connectivity index (χ1) is 13.7. The third-order valence-corrected chi connectivity index (χ3v) is 5.17. The van der Waals surface area contributed by atoms with Crippen LogP contribution in [0.2, 0.25) is 8.67 Å². The van der Waals surface area contributed by atoms with Crippen LogP contribution in [0.1, 0.15) is 15.9 Å². The Labute approximate surface area is 183 Å². The number of carbonyl (C=O) groups excluding carboxylic acids is 2. The number of nitrogens with two attached hydrogens (primary N) is 2. The quantitative estimate of drug-likeness (QED) is 0.338. The molecule has 0 aliphatic rings. The van der Waals surface area contributed by atoms with Crippen molar-refractivity contribution < 1.29 is 9.59 Å². The first-order valence-electron chi connectivity index (χ1n) is 8.50. The van der Waals surface area contributed by atoms with Crippen LogP contribution in [0.3, 0.4) is 0 Å². The largest absolute Gasteiger partial charge is 0.370 e. The Morgan fingerprint density at radius 2 is 1.93 bits per heavy atom. The number of carbonyl (C=O) groups is 2. The summed E-state index contributed by atoms with van der Waals surface area (Å²) in [6.07, 6.45) is 2.99. The highest BCUT2D eigenvalue weighted by Gasteiger charge is 2.13. The molecule has 0 spiro atoms. The molecular formula is C19H21Cl2N5O2S. The van der Waals surface area contributed by atoms with Crippen LogP contribution in [0.15, 0.2) is 35.3 Å². The van der Waals surface area contributed by atoms with E-state index in [0.29, 0.717) is 31.9 Å². The fraction of sp³-hybridized carbons (Fsp3) is 0.211. The second-order valence-corrected chi connectivity index (χ2v) is 8.64. The van der Waals surface area contributed by atoms with E-state index in [1.807, 2.05) is 19.0 Å². The minimum absolute atomic E-state index is 0.244. The lowest BCUT2D eigenvalue weighted by Crippen LogP contribution is -2.30. The predicted molar refractivity (Wildman–Crippen MR) is 121 cm³/mol. The van der Waals surface area contributed by atoms with E-state index in [1.165, 1.54) is 17.4 Å². The Kier molecular flexibility index (Phi) is 8.21. The second kappa shape index (κ2) is 10.4. The van der Waals surface area contributed by atoms with E-state index in [-0.39, 0.29) is 17.4 Å². The molecule has 1 aromatic heterocycles. The van der Waals surface area contributed by atoms with Gasteiger partial charge in [0.05, 0.1) is 4.34 Å². The van der Waals surface area contributed by atoms with Crippen molar-refractivity contribution in [3.63, 3.8) is 0 Å². The van der Waals surface area contributed by atoms with Crippen molar-refractivity contribution in [3.05, 3.63) is 50.1 Å². The smallest absolute Gasteiger partial charge is 0.280 e. The van der Waals surface area contributed by atoms with Gasteiger partial charge >= 0.3 is 0 Å². The van der Waals surface area contributed by atoms with Crippen molar-refractivity contribution in [1.82, 2.24) is 10.2 Å². The van der Waals surface area contributed by atoms with E-state index in [0.717, 1.165) is 6.54 Å². The fourth-order valence-corrected chi connectivity index (χ4v) is 3.89. The topological polar surface area (TPSA) is 114 Å². The number of nitrogens with zero attached hydrogens (tertiary/aromatic N) is 2. The molecule has 0 aliphatic heterocycles. The van der Waals surface area contributed by atoms with Gasteiger partial charge < -0.3 is 21.7 Å². The minimum Gasteiger partial charge on any atom is -0.370 e. The van der Waals surface area contributed by atoms with Crippen LogP contribution in [0.5, 0.6) is 0 Å². The molecule has 2 aromatic rings. The van der Waals surface area contributed by atoms with Gasteiger partial charge in [-0.1, -0.05) is 23.2 Å². The Bertz CT molecular complexity index is 966. The summed E-state index contributed by atoms with van der Waals surface area (Å²) in [5.41, 5.74) is 12.8. The first kappa shape index (κ1) is 22.9.